The molecular weight excluding hydrogens is 275 g/mol. The molecule has 0 atom stereocenters. The van der Waals surface area contributed by atoms with Crippen LogP contribution < -0.4 is 10.6 Å². The van der Waals surface area contributed by atoms with Crippen molar-refractivity contribution in [3.05, 3.63) is 18.0 Å². The fraction of sp³-hybridized carbons (Fsp3) is 0.545. The molecule has 1 aliphatic carbocycles. The number of alkyl halides is 3. The van der Waals surface area contributed by atoms with Gasteiger partial charge in [-0.2, -0.15) is 13.2 Å². The van der Waals surface area contributed by atoms with Crippen molar-refractivity contribution in [3.8, 4) is 0 Å². The van der Waals surface area contributed by atoms with Crippen molar-refractivity contribution in [2.24, 2.45) is 10.9 Å². The average molecular weight is 289 g/mol. The third-order valence-electron chi connectivity index (χ3n) is 2.92. The minimum atomic E-state index is -4.50. The second-order valence-electron chi connectivity index (χ2n) is 4.51. The number of hydrogen-bond acceptors (Lipinski definition) is 5. The molecule has 0 saturated heterocycles. The largest absolute Gasteiger partial charge is 0.433 e. The Morgan fingerprint density at radius 3 is 2.75 bits per heavy atom. The van der Waals surface area contributed by atoms with E-state index in [1.165, 1.54) is 0 Å². The van der Waals surface area contributed by atoms with Crippen molar-refractivity contribution in [1.29, 1.82) is 0 Å². The Hall–Kier alpha value is -2.06. The maximum absolute atomic E-state index is 12.6. The first-order valence-corrected chi connectivity index (χ1v) is 6.05. The van der Waals surface area contributed by atoms with E-state index in [-0.39, 0.29) is 24.2 Å². The van der Waals surface area contributed by atoms with Crippen molar-refractivity contribution in [3.63, 3.8) is 0 Å². The molecule has 1 fully saturated rings. The van der Waals surface area contributed by atoms with E-state index in [1.807, 2.05) is 0 Å². The lowest BCUT2D eigenvalue weighted by atomic mass is 10.3. The molecule has 0 unspecified atom stereocenters. The molecule has 0 aromatic carbocycles. The Kier molecular flexibility index (Phi) is 3.96. The average Bonchev–Trinajstić information content (AvgIpc) is 3.22. The van der Waals surface area contributed by atoms with Gasteiger partial charge in [0, 0.05) is 25.2 Å². The molecular formula is C11H14F3N5O. The summed E-state index contributed by atoms with van der Waals surface area (Å²) in [6.45, 7) is 0.307. The Labute approximate surface area is 113 Å². The van der Waals surface area contributed by atoms with Crippen LogP contribution in [0.2, 0.25) is 0 Å². The minimum absolute atomic E-state index is 0.0163. The lowest BCUT2D eigenvalue weighted by Crippen LogP contribution is -2.32. The van der Waals surface area contributed by atoms with Crippen LogP contribution in [-0.2, 0) is 6.18 Å². The first-order chi connectivity index (χ1) is 9.41. The summed E-state index contributed by atoms with van der Waals surface area (Å²) in [6.07, 6.45) is -1.44. The summed E-state index contributed by atoms with van der Waals surface area (Å²) >= 11 is 0. The normalized spacial score (nSPS) is 16.2. The monoisotopic (exact) mass is 289 g/mol. The predicted molar refractivity (Wildman–Crippen MR) is 65.4 cm³/mol. The molecule has 0 bridgehead atoms. The van der Waals surface area contributed by atoms with E-state index in [4.69, 9.17) is 10.9 Å². The summed E-state index contributed by atoms with van der Waals surface area (Å²) < 4.78 is 37.9. The van der Waals surface area contributed by atoms with Crippen molar-refractivity contribution in [1.82, 2.24) is 9.97 Å². The third-order valence-corrected chi connectivity index (χ3v) is 2.92. The third kappa shape index (κ3) is 3.49. The van der Waals surface area contributed by atoms with Crippen LogP contribution in [0.25, 0.3) is 0 Å². The lowest BCUT2D eigenvalue weighted by molar-refractivity contribution is -0.141. The van der Waals surface area contributed by atoms with Gasteiger partial charge in [0.1, 0.15) is 11.5 Å². The van der Waals surface area contributed by atoms with Crippen LogP contribution in [-0.4, -0.2) is 33.6 Å². The van der Waals surface area contributed by atoms with Crippen LogP contribution in [0, 0.1) is 0 Å². The smallest absolute Gasteiger partial charge is 0.409 e. The number of rotatable bonds is 5. The first-order valence-electron chi connectivity index (χ1n) is 6.05. The van der Waals surface area contributed by atoms with Crippen LogP contribution in [0.15, 0.2) is 17.4 Å². The van der Waals surface area contributed by atoms with Crippen LogP contribution in [0.3, 0.4) is 0 Å². The Morgan fingerprint density at radius 2 is 2.20 bits per heavy atom. The summed E-state index contributed by atoms with van der Waals surface area (Å²) in [4.78, 5) is 9.11. The highest BCUT2D eigenvalue weighted by Crippen LogP contribution is 2.32. The highest BCUT2D eigenvalue weighted by atomic mass is 19.4. The molecule has 3 N–H and O–H groups in total. The van der Waals surface area contributed by atoms with Crippen molar-refractivity contribution in [2.45, 2.75) is 31.5 Å². The molecule has 110 valence electrons. The number of amidine groups is 1. The van der Waals surface area contributed by atoms with Gasteiger partial charge >= 0.3 is 6.18 Å². The maximum atomic E-state index is 12.6. The summed E-state index contributed by atoms with van der Waals surface area (Å²) in [7, 11) is 0. The van der Waals surface area contributed by atoms with E-state index in [2.05, 4.69) is 15.1 Å². The number of halogens is 3. The number of oxime groups is 1. The molecule has 1 aromatic rings. The van der Waals surface area contributed by atoms with Crippen LogP contribution >= 0.6 is 0 Å². The van der Waals surface area contributed by atoms with Crippen molar-refractivity contribution < 1.29 is 18.4 Å². The van der Waals surface area contributed by atoms with E-state index in [9.17, 15) is 13.2 Å². The Morgan fingerprint density at radius 1 is 1.50 bits per heavy atom. The Balaban J connectivity index is 2.17. The van der Waals surface area contributed by atoms with Gasteiger partial charge in [-0.1, -0.05) is 5.16 Å². The molecule has 0 spiro atoms. The van der Waals surface area contributed by atoms with E-state index < -0.39 is 11.9 Å². The van der Waals surface area contributed by atoms with Gasteiger partial charge in [0.05, 0.1) is 0 Å². The van der Waals surface area contributed by atoms with Gasteiger partial charge in [-0.25, -0.2) is 9.97 Å². The number of anilines is 1. The van der Waals surface area contributed by atoms with Gasteiger partial charge in [-0.15, -0.1) is 0 Å². The van der Waals surface area contributed by atoms with Gasteiger partial charge in [0.2, 0.25) is 5.95 Å². The Bertz CT molecular complexity index is 501. The highest BCUT2D eigenvalue weighted by Gasteiger charge is 2.35. The first kappa shape index (κ1) is 14.4. The molecule has 0 amide bonds. The number of nitrogens with two attached hydrogens (primary N) is 1. The zero-order chi connectivity index (χ0) is 14.8. The van der Waals surface area contributed by atoms with E-state index in [0.29, 0.717) is 6.54 Å². The van der Waals surface area contributed by atoms with Crippen LogP contribution in [0.4, 0.5) is 19.1 Å². The molecule has 0 aliphatic heterocycles. The molecule has 1 saturated carbocycles. The second kappa shape index (κ2) is 5.51. The zero-order valence-corrected chi connectivity index (χ0v) is 10.5. The maximum Gasteiger partial charge on any atom is 0.433 e. The standard InChI is InChI=1S/C11H14F3N5O/c12-11(13,14)8-3-5-16-10(17-8)19(7-1-2-7)6-4-9(15)18-20/h3,5,7,20H,1-2,4,6H2,(H2,15,18). The summed E-state index contributed by atoms with van der Waals surface area (Å²) in [5.41, 5.74) is 4.40. The van der Waals surface area contributed by atoms with Gasteiger partial charge in [-0.3, -0.25) is 0 Å². The second-order valence-corrected chi connectivity index (χ2v) is 4.51. The van der Waals surface area contributed by atoms with Crippen molar-refractivity contribution >= 4 is 11.8 Å². The highest BCUT2D eigenvalue weighted by molar-refractivity contribution is 5.80. The summed E-state index contributed by atoms with van der Waals surface area (Å²) in [6, 6.07) is 0.947. The summed E-state index contributed by atoms with van der Waals surface area (Å²) in [5.74, 6) is 0.0377. The topological polar surface area (TPSA) is 87.6 Å². The molecule has 0 radical (unpaired) electrons. The molecule has 20 heavy (non-hydrogen) atoms. The van der Waals surface area contributed by atoms with Gasteiger partial charge < -0.3 is 15.8 Å². The molecule has 2 rings (SSSR count). The molecule has 6 nitrogen and oxygen atoms in total. The fourth-order valence-electron chi connectivity index (χ4n) is 1.76. The summed E-state index contributed by atoms with van der Waals surface area (Å²) in [5, 5.41) is 11.3. The van der Waals surface area contributed by atoms with Crippen LogP contribution in [0.5, 0.6) is 0 Å². The molecule has 1 heterocycles. The molecule has 1 aliphatic rings. The quantitative estimate of drug-likeness (QED) is 0.372. The predicted octanol–water partition coefficient (Wildman–Crippen LogP) is 1.60. The molecule has 1 aromatic heterocycles. The fourth-order valence-corrected chi connectivity index (χ4v) is 1.76. The lowest BCUT2D eigenvalue weighted by Gasteiger charge is -2.22. The van der Waals surface area contributed by atoms with Gasteiger partial charge in [0.15, 0.2) is 0 Å². The van der Waals surface area contributed by atoms with Crippen LogP contribution in [0.1, 0.15) is 25.0 Å². The number of nitrogens with zero attached hydrogens (tertiary/aromatic N) is 4. The zero-order valence-electron chi connectivity index (χ0n) is 10.5. The van der Waals surface area contributed by atoms with Crippen molar-refractivity contribution in [2.75, 3.05) is 11.4 Å². The van der Waals surface area contributed by atoms with E-state index in [0.717, 1.165) is 25.1 Å². The number of aromatic nitrogens is 2. The van der Waals surface area contributed by atoms with E-state index >= 15 is 0 Å². The number of hydrogen-bond donors (Lipinski definition) is 2. The minimum Gasteiger partial charge on any atom is -0.409 e. The van der Waals surface area contributed by atoms with Gasteiger partial charge in [0.25, 0.3) is 0 Å². The SMILES string of the molecule is NC(CCN(c1nccc(C(F)(F)F)n1)C1CC1)=NO. The van der Waals surface area contributed by atoms with Gasteiger partial charge in [-0.05, 0) is 18.9 Å². The molecule has 9 heteroatoms. The van der Waals surface area contributed by atoms with E-state index in [1.54, 1.807) is 4.90 Å².